The van der Waals surface area contributed by atoms with Crippen LogP contribution >= 0.6 is 11.8 Å². The summed E-state index contributed by atoms with van der Waals surface area (Å²) < 4.78 is 13.5. The molecule has 3 rings (SSSR count). The van der Waals surface area contributed by atoms with E-state index in [0.29, 0.717) is 16.3 Å². The van der Waals surface area contributed by atoms with Crippen LogP contribution < -0.4 is 10.6 Å². The van der Waals surface area contributed by atoms with Gasteiger partial charge in [-0.1, -0.05) is 12.1 Å². The minimum absolute atomic E-state index is 0.0491. The third-order valence-electron chi connectivity index (χ3n) is 3.58. The van der Waals surface area contributed by atoms with Crippen molar-refractivity contribution < 1.29 is 14.0 Å². The summed E-state index contributed by atoms with van der Waals surface area (Å²) in [4.78, 5) is 24.1. The van der Waals surface area contributed by atoms with E-state index in [1.807, 2.05) is 0 Å². The number of carbonyl (C=O) groups excluding carboxylic acids is 2. The minimum atomic E-state index is -0.328. The topological polar surface area (TPSA) is 58.2 Å². The summed E-state index contributed by atoms with van der Waals surface area (Å²) in [5.74, 6) is -0.210. The SMILES string of the molecule is O=C(CSc1ccccc1F)Nc1ccc(NC(=O)C2CC2)cc1. The molecule has 1 saturated carbocycles. The Kier molecular flexibility index (Phi) is 5.15. The van der Waals surface area contributed by atoms with Crippen LogP contribution in [0.5, 0.6) is 0 Å². The highest BCUT2D eigenvalue weighted by Crippen LogP contribution is 2.30. The number of nitrogens with one attached hydrogen (secondary N) is 2. The summed E-state index contributed by atoms with van der Waals surface area (Å²) in [5, 5.41) is 5.59. The molecule has 0 spiro atoms. The predicted molar refractivity (Wildman–Crippen MR) is 93.5 cm³/mol. The maximum Gasteiger partial charge on any atom is 0.234 e. The second-order valence-electron chi connectivity index (χ2n) is 5.61. The minimum Gasteiger partial charge on any atom is -0.326 e. The second-order valence-corrected chi connectivity index (χ2v) is 6.63. The fourth-order valence-corrected chi connectivity index (χ4v) is 2.87. The van der Waals surface area contributed by atoms with Crippen molar-refractivity contribution in [1.29, 1.82) is 0 Å². The number of thioether (sulfide) groups is 1. The van der Waals surface area contributed by atoms with Crippen LogP contribution in [0.1, 0.15) is 12.8 Å². The van der Waals surface area contributed by atoms with Crippen LogP contribution in [-0.2, 0) is 9.59 Å². The first-order valence-electron chi connectivity index (χ1n) is 7.70. The van der Waals surface area contributed by atoms with E-state index in [9.17, 15) is 14.0 Å². The monoisotopic (exact) mass is 344 g/mol. The van der Waals surface area contributed by atoms with E-state index in [1.54, 1.807) is 42.5 Å². The van der Waals surface area contributed by atoms with Crippen molar-refractivity contribution in [2.45, 2.75) is 17.7 Å². The molecule has 2 amide bonds. The first kappa shape index (κ1) is 16.5. The number of benzene rings is 2. The first-order valence-corrected chi connectivity index (χ1v) is 8.68. The predicted octanol–water partition coefficient (Wildman–Crippen LogP) is 3.91. The molecule has 0 bridgehead atoms. The Hall–Kier alpha value is -2.34. The number of halogens is 1. The molecule has 2 aromatic carbocycles. The third kappa shape index (κ3) is 4.58. The fourth-order valence-electron chi connectivity index (χ4n) is 2.13. The van der Waals surface area contributed by atoms with Crippen LogP contribution in [-0.4, -0.2) is 17.6 Å². The molecule has 0 saturated heterocycles. The zero-order chi connectivity index (χ0) is 16.9. The van der Waals surface area contributed by atoms with Gasteiger partial charge < -0.3 is 10.6 Å². The normalized spacial score (nSPS) is 13.4. The molecule has 0 aliphatic heterocycles. The summed E-state index contributed by atoms with van der Waals surface area (Å²) in [6, 6.07) is 13.3. The average molecular weight is 344 g/mol. The van der Waals surface area contributed by atoms with Gasteiger partial charge in [-0.2, -0.15) is 0 Å². The second kappa shape index (κ2) is 7.49. The lowest BCUT2D eigenvalue weighted by Crippen LogP contribution is -2.15. The van der Waals surface area contributed by atoms with Crippen molar-refractivity contribution in [3.8, 4) is 0 Å². The molecule has 6 heteroatoms. The quantitative estimate of drug-likeness (QED) is 0.781. The van der Waals surface area contributed by atoms with Crippen molar-refractivity contribution in [3.63, 3.8) is 0 Å². The van der Waals surface area contributed by atoms with E-state index in [2.05, 4.69) is 10.6 Å². The van der Waals surface area contributed by atoms with E-state index in [0.717, 1.165) is 24.6 Å². The summed E-state index contributed by atoms with van der Waals surface area (Å²) in [7, 11) is 0. The van der Waals surface area contributed by atoms with E-state index in [4.69, 9.17) is 0 Å². The average Bonchev–Trinajstić information content (AvgIpc) is 3.41. The van der Waals surface area contributed by atoms with Crippen LogP contribution in [0.25, 0.3) is 0 Å². The van der Waals surface area contributed by atoms with E-state index in [1.165, 1.54) is 6.07 Å². The Morgan fingerprint density at radius 2 is 1.62 bits per heavy atom. The van der Waals surface area contributed by atoms with Gasteiger partial charge in [-0.15, -0.1) is 11.8 Å². The molecule has 0 atom stereocenters. The van der Waals surface area contributed by atoms with Gasteiger partial charge in [0.15, 0.2) is 0 Å². The molecule has 1 aliphatic rings. The van der Waals surface area contributed by atoms with Gasteiger partial charge in [0.25, 0.3) is 0 Å². The molecule has 24 heavy (non-hydrogen) atoms. The largest absolute Gasteiger partial charge is 0.326 e. The molecule has 0 heterocycles. The first-order chi connectivity index (χ1) is 11.6. The molecule has 2 N–H and O–H groups in total. The Morgan fingerprint density at radius 1 is 1.00 bits per heavy atom. The van der Waals surface area contributed by atoms with Gasteiger partial charge in [-0.05, 0) is 49.2 Å². The molecule has 1 aliphatic carbocycles. The Morgan fingerprint density at radius 3 is 2.25 bits per heavy atom. The van der Waals surface area contributed by atoms with Crippen LogP contribution in [0.15, 0.2) is 53.4 Å². The smallest absolute Gasteiger partial charge is 0.234 e. The number of carbonyl (C=O) groups is 2. The molecule has 4 nitrogen and oxygen atoms in total. The van der Waals surface area contributed by atoms with Crippen LogP contribution in [0.3, 0.4) is 0 Å². The lowest BCUT2D eigenvalue weighted by Gasteiger charge is -2.08. The molecular formula is C18H17FN2O2S. The van der Waals surface area contributed by atoms with Crippen molar-refractivity contribution in [2.75, 3.05) is 16.4 Å². The maximum absolute atomic E-state index is 13.5. The maximum atomic E-state index is 13.5. The van der Waals surface area contributed by atoms with Gasteiger partial charge in [-0.25, -0.2) is 4.39 Å². The Bertz CT molecular complexity index is 745. The van der Waals surface area contributed by atoms with E-state index >= 15 is 0 Å². The van der Waals surface area contributed by atoms with Crippen molar-refractivity contribution in [3.05, 3.63) is 54.3 Å². The van der Waals surface area contributed by atoms with Crippen LogP contribution in [0.4, 0.5) is 15.8 Å². The highest BCUT2D eigenvalue weighted by Gasteiger charge is 2.29. The summed E-state index contributed by atoms with van der Waals surface area (Å²) in [5.41, 5.74) is 1.35. The van der Waals surface area contributed by atoms with Gasteiger partial charge in [0.1, 0.15) is 5.82 Å². The Balaban J connectivity index is 1.49. The van der Waals surface area contributed by atoms with Crippen LogP contribution in [0.2, 0.25) is 0 Å². The molecule has 0 radical (unpaired) electrons. The molecule has 2 aromatic rings. The zero-order valence-electron chi connectivity index (χ0n) is 12.9. The fraction of sp³-hybridized carbons (Fsp3) is 0.222. The van der Waals surface area contributed by atoms with Gasteiger partial charge in [0.05, 0.1) is 5.75 Å². The number of rotatable bonds is 6. The Labute approximate surface area is 143 Å². The molecule has 0 unspecified atom stereocenters. The number of anilines is 2. The van der Waals surface area contributed by atoms with Gasteiger partial charge in [0.2, 0.25) is 11.8 Å². The molecule has 0 aromatic heterocycles. The van der Waals surface area contributed by atoms with Gasteiger partial charge in [0, 0.05) is 22.2 Å². The summed E-state index contributed by atoms with van der Waals surface area (Å²) in [6.45, 7) is 0. The van der Waals surface area contributed by atoms with E-state index < -0.39 is 0 Å². The standard InChI is InChI=1S/C18H17FN2O2S/c19-15-3-1-2-4-16(15)24-11-17(22)20-13-7-9-14(10-8-13)21-18(23)12-5-6-12/h1-4,7-10,12H,5-6,11H2,(H,20,22)(H,21,23). The van der Waals surface area contributed by atoms with Gasteiger partial charge >= 0.3 is 0 Å². The third-order valence-corrected chi connectivity index (χ3v) is 4.63. The van der Waals surface area contributed by atoms with Crippen molar-refractivity contribution in [1.82, 2.24) is 0 Å². The molecule has 124 valence electrons. The zero-order valence-corrected chi connectivity index (χ0v) is 13.7. The highest BCUT2D eigenvalue weighted by molar-refractivity contribution is 8.00. The van der Waals surface area contributed by atoms with Gasteiger partial charge in [-0.3, -0.25) is 9.59 Å². The lowest BCUT2D eigenvalue weighted by molar-refractivity contribution is -0.117. The van der Waals surface area contributed by atoms with E-state index in [-0.39, 0.29) is 29.3 Å². The highest BCUT2D eigenvalue weighted by atomic mass is 32.2. The number of hydrogen-bond donors (Lipinski definition) is 2. The molecular weight excluding hydrogens is 327 g/mol. The lowest BCUT2D eigenvalue weighted by atomic mass is 10.2. The molecule has 1 fully saturated rings. The number of amides is 2. The van der Waals surface area contributed by atoms with Crippen molar-refractivity contribution in [2.24, 2.45) is 5.92 Å². The summed E-state index contributed by atoms with van der Waals surface area (Å²) in [6.07, 6.45) is 1.92. The van der Waals surface area contributed by atoms with Crippen molar-refractivity contribution >= 4 is 35.0 Å². The number of hydrogen-bond acceptors (Lipinski definition) is 3. The van der Waals surface area contributed by atoms with Crippen LogP contribution in [0, 0.1) is 11.7 Å². The summed E-state index contributed by atoms with van der Waals surface area (Å²) >= 11 is 1.15.